The highest BCUT2D eigenvalue weighted by Gasteiger charge is 2.10. The van der Waals surface area contributed by atoms with Crippen molar-refractivity contribution in [3.8, 4) is 0 Å². The van der Waals surface area contributed by atoms with Crippen molar-refractivity contribution in [3.05, 3.63) is 35.4 Å². The first-order valence-electron chi connectivity index (χ1n) is 6.53. The van der Waals surface area contributed by atoms with Gasteiger partial charge in [0.05, 0.1) is 0 Å². The summed E-state index contributed by atoms with van der Waals surface area (Å²) < 4.78 is 0. The minimum absolute atomic E-state index is 0.259. The van der Waals surface area contributed by atoms with E-state index in [-0.39, 0.29) is 5.91 Å². The van der Waals surface area contributed by atoms with E-state index in [4.69, 9.17) is 11.5 Å². The van der Waals surface area contributed by atoms with Gasteiger partial charge in [-0.3, -0.25) is 4.79 Å². The van der Waals surface area contributed by atoms with E-state index in [2.05, 4.69) is 12.1 Å². The summed E-state index contributed by atoms with van der Waals surface area (Å²) >= 11 is 0. The molecule has 1 aromatic rings. The Kier molecular flexibility index (Phi) is 4.03. The molecule has 0 saturated heterocycles. The van der Waals surface area contributed by atoms with Crippen molar-refractivity contribution in [3.63, 3.8) is 0 Å². The van der Waals surface area contributed by atoms with Crippen molar-refractivity contribution >= 4 is 17.2 Å². The predicted molar refractivity (Wildman–Crippen MR) is 74.8 cm³/mol. The summed E-state index contributed by atoms with van der Waals surface area (Å²) in [5.41, 5.74) is 15.7. The molecule has 18 heavy (non-hydrogen) atoms. The second-order valence-corrected chi connectivity index (χ2v) is 4.86. The van der Waals surface area contributed by atoms with Crippen LogP contribution in [0.1, 0.15) is 43.2 Å². The van der Waals surface area contributed by atoms with Gasteiger partial charge in [0.1, 0.15) is 0 Å². The molecule has 0 bridgehead atoms. The lowest BCUT2D eigenvalue weighted by molar-refractivity contribution is -0.117. The second-order valence-electron chi connectivity index (χ2n) is 4.86. The molecule has 3 heteroatoms. The fourth-order valence-corrected chi connectivity index (χ4v) is 2.39. The Bertz CT molecular complexity index is 477. The van der Waals surface area contributed by atoms with Crippen LogP contribution in [0.15, 0.2) is 24.3 Å². The maximum Gasteiger partial charge on any atom is 0.217 e. The van der Waals surface area contributed by atoms with Gasteiger partial charge in [-0.15, -0.1) is 0 Å². The number of hydrogen-bond donors (Lipinski definition) is 2. The molecule has 1 aromatic carbocycles. The molecule has 0 spiro atoms. The average molecular weight is 244 g/mol. The number of primary amides is 1. The van der Waals surface area contributed by atoms with E-state index in [0.29, 0.717) is 12.8 Å². The molecule has 0 fully saturated rings. The first kappa shape index (κ1) is 12.7. The van der Waals surface area contributed by atoms with Crippen LogP contribution < -0.4 is 11.5 Å². The van der Waals surface area contributed by atoms with Gasteiger partial charge in [0.2, 0.25) is 5.91 Å². The van der Waals surface area contributed by atoms with E-state index in [1.807, 2.05) is 12.1 Å². The molecule has 0 radical (unpaired) electrons. The number of anilines is 1. The van der Waals surface area contributed by atoms with Gasteiger partial charge < -0.3 is 11.5 Å². The van der Waals surface area contributed by atoms with Crippen LogP contribution in [0, 0.1) is 0 Å². The Hall–Kier alpha value is -1.77. The third-order valence-corrected chi connectivity index (χ3v) is 3.41. The van der Waals surface area contributed by atoms with Crippen LogP contribution in [0.2, 0.25) is 0 Å². The van der Waals surface area contributed by atoms with Gasteiger partial charge in [-0.1, -0.05) is 12.1 Å². The van der Waals surface area contributed by atoms with Crippen molar-refractivity contribution in [1.29, 1.82) is 0 Å². The summed E-state index contributed by atoms with van der Waals surface area (Å²) in [7, 11) is 0. The van der Waals surface area contributed by atoms with Crippen LogP contribution >= 0.6 is 0 Å². The highest BCUT2D eigenvalue weighted by Crippen LogP contribution is 2.31. The zero-order chi connectivity index (χ0) is 13.0. The van der Waals surface area contributed by atoms with E-state index in [0.717, 1.165) is 29.7 Å². The standard InChI is InChI=1S/C15H20N2O/c16-14-8-6-11(7-9-15(17)18)10-13(14)12-4-2-1-3-5-12/h4,6,8,10H,1-3,5,7,9,16H2,(H2,17,18). The highest BCUT2D eigenvalue weighted by molar-refractivity contribution is 5.77. The molecule has 1 aliphatic rings. The second kappa shape index (κ2) is 5.71. The number of aryl methyl sites for hydroxylation is 1. The SMILES string of the molecule is NC(=O)CCc1ccc(N)c(C2=CCCCC2)c1. The minimum atomic E-state index is -0.259. The first-order chi connectivity index (χ1) is 8.66. The molecule has 0 saturated carbocycles. The van der Waals surface area contributed by atoms with Crippen LogP contribution in [-0.4, -0.2) is 5.91 Å². The van der Waals surface area contributed by atoms with E-state index >= 15 is 0 Å². The smallest absolute Gasteiger partial charge is 0.217 e. The predicted octanol–water partition coefficient (Wildman–Crippen LogP) is 2.64. The number of carbonyl (C=O) groups excluding carboxylic acids is 1. The maximum absolute atomic E-state index is 10.8. The van der Waals surface area contributed by atoms with Crippen molar-refractivity contribution in [2.24, 2.45) is 5.73 Å². The molecule has 0 atom stereocenters. The zero-order valence-corrected chi connectivity index (χ0v) is 10.6. The van der Waals surface area contributed by atoms with Crippen LogP contribution in [0.4, 0.5) is 5.69 Å². The highest BCUT2D eigenvalue weighted by atomic mass is 16.1. The summed E-state index contributed by atoms with van der Waals surface area (Å²) in [6, 6.07) is 6.02. The number of hydrogen-bond acceptors (Lipinski definition) is 2. The molecule has 96 valence electrons. The molecule has 1 amide bonds. The molecule has 0 aliphatic heterocycles. The lowest BCUT2D eigenvalue weighted by Crippen LogP contribution is -2.11. The third-order valence-electron chi connectivity index (χ3n) is 3.41. The minimum Gasteiger partial charge on any atom is -0.398 e. The van der Waals surface area contributed by atoms with Crippen LogP contribution in [-0.2, 0) is 11.2 Å². The lowest BCUT2D eigenvalue weighted by atomic mass is 9.91. The monoisotopic (exact) mass is 244 g/mol. The quantitative estimate of drug-likeness (QED) is 0.799. The van der Waals surface area contributed by atoms with Gasteiger partial charge >= 0.3 is 0 Å². The molecule has 4 N–H and O–H groups in total. The van der Waals surface area contributed by atoms with Crippen molar-refractivity contribution < 1.29 is 4.79 Å². The Morgan fingerprint density at radius 1 is 1.28 bits per heavy atom. The number of nitrogens with two attached hydrogens (primary N) is 2. The van der Waals surface area contributed by atoms with E-state index in [9.17, 15) is 4.79 Å². The number of nitrogen functional groups attached to an aromatic ring is 1. The molecule has 1 aliphatic carbocycles. The van der Waals surface area contributed by atoms with Gasteiger partial charge in [0.25, 0.3) is 0 Å². The molecule has 0 unspecified atom stereocenters. The molecule has 0 aromatic heterocycles. The molecule has 2 rings (SSSR count). The van der Waals surface area contributed by atoms with Crippen molar-refractivity contribution in [2.45, 2.75) is 38.5 Å². The molecular weight excluding hydrogens is 224 g/mol. The number of benzene rings is 1. The summed E-state index contributed by atoms with van der Waals surface area (Å²) in [4.78, 5) is 10.8. The summed E-state index contributed by atoms with van der Waals surface area (Å²) in [6.07, 6.45) is 8.11. The van der Waals surface area contributed by atoms with Crippen molar-refractivity contribution in [1.82, 2.24) is 0 Å². The maximum atomic E-state index is 10.8. The van der Waals surface area contributed by atoms with E-state index in [1.54, 1.807) is 0 Å². The number of rotatable bonds is 4. The fraction of sp³-hybridized carbons (Fsp3) is 0.400. The topological polar surface area (TPSA) is 69.1 Å². The van der Waals surface area contributed by atoms with Crippen LogP contribution in [0.5, 0.6) is 0 Å². The summed E-state index contributed by atoms with van der Waals surface area (Å²) in [6.45, 7) is 0. The van der Waals surface area contributed by atoms with Gasteiger partial charge in [0, 0.05) is 17.7 Å². The average Bonchev–Trinajstić information content (AvgIpc) is 2.38. The number of amides is 1. The first-order valence-corrected chi connectivity index (χ1v) is 6.53. The van der Waals surface area contributed by atoms with Gasteiger partial charge in [-0.25, -0.2) is 0 Å². The Labute approximate surface area is 108 Å². The Morgan fingerprint density at radius 2 is 2.11 bits per heavy atom. The molecule has 0 heterocycles. The number of allylic oxidation sites excluding steroid dienone is 2. The van der Waals surface area contributed by atoms with Gasteiger partial charge in [-0.05, 0) is 55.4 Å². The summed E-state index contributed by atoms with van der Waals surface area (Å²) in [5.74, 6) is -0.259. The lowest BCUT2D eigenvalue weighted by Gasteiger charge is -2.16. The van der Waals surface area contributed by atoms with E-state index < -0.39 is 0 Å². The normalized spacial score (nSPS) is 15.2. The van der Waals surface area contributed by atoms with Crippen LogP contribution in [0.25, 0.3) is 5.57 Å². The molecule has 3 nitrogen and oxygen atoms in total. The molecular formula is C15H20N2O. The van der Waals surface area contributed by atoms with E-state index in [1.165, 1.54) is 18.4 Å². The fourth-order valence-electron chi connectivity index (χ4n) is 2.39. The van der Waals surface area contributed by atoms with Crippen LogP contribution in [0.3, 0.4) is 0 Å². The van der Waals surface area contributed by atoms with Crippen molar-refractivity contribution in [2.75, 3.05) is 5.73 Å². The largest absolute Gasteiger partial charge is 0.398 e. The Balaban J connectivity index is 2.20. The third kappa shape index (κ3) is 3.13. The zero-order valence-electron chi connectivity index (χ0n) is 10.6. The Morgan fingerprint density at radius 3 is 2.78 bits per heavy atom. The van der Waals surface area contributed by atoms with Gasteiger partial charge in [-0.2, -0.15) is 0 Å². The number of carbonyl (C=O) groups is 1. The van der Waals surface area contributed by atoms with Gasteiger partial charge in [0.15, 0.2) is 0 Å². The summed E-state index contributed by atoms with van der Waals surface area (Å²) in [5, 5.41) is 0.